The number of rotatable bonds is 7. The smallest absolute Gasteiger partial charge is 0.476 e. The topological polar surface area (TPSA) is 167 Å². The van der Waals surface area contributed by atoms with Crippen LogP contribution in [0.4, 0.5) is 0 Å². The quantitative estimate of drug-likeness (QED) is 0.238. The van der Waals surface area contributed by atoms with Gasteiger partial charge in [-0.3, -0.25) is 4.52 Å². The molecule has 0 fully saturated rings. The minimum absolute atomic E-state index is 0.0131. The predicted molar refractivity (Wildman–Crippen MR) is 77.5 cm³/mol. The lowest BCUT2D eigenvalue weighted by atomic mass is 9.93. The third-order valence-electron chi connectivity index (χ3n) is 3.00. The average Bonchev–Trinajstić information content (AvgIpc) is 3.01. The van der Waals surface area contributed by atoms with E-state index >= 15 is 0 Å². The van der Waals surface area contributed by atoms with Gasteiger partial charge in [0.1, 0.15) is 12.2 Å². The van der Waals surface area contributed by atoms with Gasteiger partial charge < -0.3 is 35.9 Å². The van der Waals surface area contributed by atoms with Gasteiger partial charge in [-0.25, -0.2) is 9.09 Å². The van der Waals surface area contributed by atoms with Gasteiger partial charge in [0.2, 0.25) is 6.29 Å². The number of aliphatic hydroxyl groups is 2. The zero-order chi connectivity index (χ0) is 16.3. The number of phosphoric acid groups is 1. The van der Waals surface area contributed by atoms with E-state index in [0.29, 0.717) is 5.66 Å². The van der Waals surface area contributed by atoms with E-state index in [0.717, 1.165) is 0 Å². The van der Waals surface area contributed by atoms with E-state index in [2.05, 4.69) is 0 Å². The molecule has 0 spiro atoms. The van der Waals surface area contributed by atoms with Gasteiger partial charge in [-0.1, -0.05) is 0 Å². The molecule has 13 heteroatoms. The average molecular weight is 334 g/mol. The van der Waals surface area contributed by atoms with E-state index in [1.54, 1.807) is 0 Å². The number of nitrogens with two attached hydrogens (primary N) is 2. The molecular weight excluding hydrogens is 317 g/mol. The first-order valence-corrected chi connectivity index (χ1v) is 8.01. The summed E-state index contributed by atoms with van der Waals surface area (Å²) >= 11 is 0. The first-order chi connectivity index (χ1) is 10.4. The van der Waals surface area contributed by atoms with E-state index < -0.39 is 39.0 Å². The van der Waals surface area contributed by atoms with Gasteiger partial charge in [-0.15, -0.1) is 0 Å². The summed E-state index contributed by atoms with van der Waals surface area (Å²) in [5.41, 5.74) is 11.3. The Morgan fingerprint density at radius 3 is 2.41 bits per heavy atom. The summed E-state index contributed by atoms with van der Waals surface area (Å²) in [7, 11) is -4.52. The number of ether oxygens (including phenoxy) is 2. The van der Waals surface area contributed by atoms with Crippen LogP contribution in [0.15, 0.2) is 23.5 Å². The molecular formula is C9H17B2N2O8P. The van der Waals surface area contributed by atoms with Gasteiger partial charge in [-0.2, -0.15) is 0 Å². The van der Waals surface area contributed by atoms with Crippen LogP contribution in [0.5, 0.6) is 0 Å². The predicted octanol–water partition coefficient (Wildman–Crippen LogP) is -3.10. The van der Waals surface area contributed by atoms with Crippen molar-refractivity contribution in [1.82, 2.24) is 0 Å². The second kappa shape index (κ2) is 7.16. The minimum atomic E-state index is -4.59. The molecule has 0 saturated carbocycles. The van der Waals surface area contributed by atoms with Crippen LogP contribution in [0.2, 0.25) is 0 Å². The largest absolute Gasteiger partial charge is 0.498 e. The summed E-state index contributed by atoms with van der Waals surface area (Å²) in [5, 5.41) is 18.8. The molecule has 0 aromatic rings. The van der Waals surface area contributed by atoms with Crippen molar-refractivity contribution in [2.75, 3.05) is 6.61 Å². The fourth-order valence-electron chi connectivity index (χ4n) is 1.98. The molecule has 0 aromatic heterocycles. The molecule has 2 aliphatic heterocycles. The molecule has 2 heterocycles. The Bertz CT molecular complexity index is 518. The first-order valence-electron chi connectivity index (χ1n) is 6.52. The Kier molecular flexibility index (Phi) is 5.70. The summed E-state index contributed by atoms with van der Waals surface area (Å²) in [6.45, 7) is -0.438. The molecule has 0 amide bonds. The van der Waals surface area contributed by atoms with Gasteiger partial charge >= 0.3 is 7.82 Å². The van der Waals surface area contributed by atoms with Crippen molar-refractivity contribution in [3.63, 3.8) is 0 Å². The SMILES string of the molecule is NBC1=CC(O)[C@@H](OP(=O)(O)OC2C=C(BN)O[C@@H]2CO)O1. The van der Waals surface area contributed by atoms with Gasteiger partial charge in [-0.05, 0) is 12.2 Å². The minimum Gasteiger partial charge on any atom is -0.498 e. The van der Waals surface area contributed by atoms with Crippen LogP contribution in [0.1, 0.15) is 0 Å². The Morgan fingerprint density at radius 2 is 1.86 bits per heavy atom. The highest BCUT2D eigenvalue weighted by molar-refractivity contribution is 7.47. The normalized spacial score (nSPS) is 33.3. The highest BCUT2D eigenvalue weighted by Gasteiger charge is 2.40. The molecule has 0 aliphatic carbocycles. The van der Waals surface area contributed by atoms with Crippen molar-refractivity contribution in [3.05, 3.63) is 23.5 Å². The molecule has 3 unspecified atom stereocenters. The second-order valence-corrected chi connectivity index (χ2v) is 5.99. The summed E-state index contributed by atoms with van der Waals surface area (Å²) in [6, 6.07) is 0. The maximum absolute atomic E-state index is 12.0. The first kappa shape index (κ1) is 17.5. The molecule has 2 rings (SSSR count). The zero-order valence-electron chi connectivity index (χ0n) is 11.6. The molecule has 0 saturated heterocycles. The molecule has 5 atom stereocenters. The van der Waals surface area contributed by atoms with Crippen LogP contribution in [0, 0.1) is 0 Å². The molecule has 0 bridgehead atoms. The van der Waals surface area contributed by atoms with Crippen LogP contribution in [0.3, 0.4) is 0 Å². The summed E-state index contributed by atoms with van der Waals surface area (Å²) < 4.78 is 32.0. The van der Waals surface area contributed by atoms with Crippen molar-refractivity contribution in [2.24, 2.45) is 11.3 Å². The summed E-state index contributed by atoms with van der Waals surface area (Å²) in [4.78, 5) is 9.75. The third kappa shape index (κ3) is 4.12. The zero-order valence-corrected chi connectivity index (χ0v) is 12.5. The van der Waals surface area contributed by atoms with E-state index in [4.69, 9.17) is 34.9 Å². The number of hydrogen-bond acceptors (Lipinski definition) is 9. The van der Waals surface area contributed by atoms with E-state index in [1.165, 1.54) is 12.2 Å². The highest BCUT2D eigenvalue weighted by Crippen LogP contribution is 2.49. The van der Waals surface area contributed by atoms with E-state index in [1.807, 2.05) is 0 Å². The van der Waals surface area contributed by atoms with Crippen LogP contribution >= 0.6 is 7.82 Å². The van der Waals surface area contributed by atoms with Crippen molar-refractivity contribution in [2.45, 2.75) is 24.6 Å². The number of aliphatic hydroxyl groups excluding tert-OH is 2. The Labute approximate surface area is 127 Å². The monoisotopic (exact) mass is 334 g/mol. The maximum Gasteiger partial charge on any atom is 0.476 e. The Morgan fingerprint density at radius 1 is 1.23 bits per heavy atom. The molecule has 0 radical (unpaired) electrons. The summed E-state index contributed by atoms with van der Waals surface area (Å²) in [6.07, 6.45) is -1.88. The van der Waals surface area contributed by atoms with Gasteiger partial charge in [0, 0.05) is 0 Å². The maximum atomic E-state index is 12.0. The lowest BCUT2D eigenvalue weighted by Crippen LogP contribution is -2.30. The Hall–Kier alpha value is -0.840. The van der Waals surface area contributed by atoms with Crippen molar-refractivity contribution in [3.8, 4) is 0 Å². The fraction of sp³-hybridized carbons (Fsp3) is 0.556. The van der Waals surface area contributed by atoms with Gasteiger partial charge in [0.05, 0.1) is 17.9 Å². The van der Waals surface area contributed by atoms with Gasteiger partial charge in [0.25, 0.3) is 14.8 Å². The van der Waals surface area contributed by atoms with Crippen LogP contribution in [-0.4, -0.2) is 61.1 Å². The molecule has 22 heavy (non-hydrogen) atoms. The second-order valence-electron chi connectivity index (χ2n) is 4.63. The molecule has 2 aliphatic rings. The van der Waals surface area contributed by atoms with Crippen LogP contribution < -0.4 is 11.3 Å². The molecule has 0 aromatic carbocycles. The standard InChI is InChI=1S/C9H17B2N2O8P/c12-10-7-1-4(15)9(19-7)21-22(16,17)20-5-2-8(11-13)18-6(5)3-14/h1-2,4-6,9-11,14-15H,3,12-13H2,(H,16,17)/t4?,5?,6-,9-/m1/s1. The summed E-state index contributed by atoms with van der Waals surface area (Å²) in [5.74, 6) is 0. The Balaban J connectivity index is 1.97. The van der Waals surface area contributed by atoms with Crippen LogP contribution in [0.25, 0.3) is 0 Å². The third-order valence-corrected chi connectivity index (χ3v) is 3.98. The van der Waals surface area contributed by atoms with Crippen molar-refractivity contribution < 1.29 is 38.2 Å². The number of phosphoric ester groups is 1. The number of hydrogen-bond donors (Lipinski definition) is 5. The van der Waals surface area contributed by atoms with E-state index in [-0.39, 0.29) is 20.5 Å². The molecule has 122 valence electrons. The fourth-order valence-corrected chi connectivity index (χ4v) is 2.97. The molecule has 10 nitrogen and oxygen atoms in total. The van der Waals surface area contributed by atoms with Gasteiger partial charge in [0.15, 0.2) is 6.10 Å². The lowest BCUT2D eigenvalue weighted by Gasteiger charge is -2.23. The lowest BCUT2D eigenvalue weighted by molar-refractivity contribution is -0.0979. The van der Waals surface area contributed by atoms with Crippen LogP contribution in [-0.2, 0) is 23.1 Å². The highest BCUT2D eigenvalue weighted by atomic mass is 31.2. The van der Waals surface area contributed by atoms with Crippen molar-refractivity contribution >= 4 is 22.7 Å². The van der Waals surface area contributed by atoms with E-state index in [9.17, 15) is 14.6 Å². The molecule has 7 N–H and O–H groups in total. The van der Waals surface area contributed by atoms with Crippen molar-refractivity contribution in [1.29, 1.82) is 0 Å².